The van der Waals surface area contributed by atoms with Gasteiger partial charge in [-0.05, 0) is 55.2 Å². The zero-order valence-corrected chi connectivity index (χ0v) is 11.6. The van der Waals surface area contributed by atoms with E-state index in [4.69, 9.17) is 4.74 Å². The fourth-order valence-corrected chi connectivity index (χ4v) is 2.53. The number of carbonyl (C=O) groups excluding carboxylic acids is 1. The van der Waals surface area contributed by atoms with Crippen molar-refractivity contribution in [3.63, 3.8) is 0 Å². The second-order valence-electron chi connectivity index (χ2n) is 5.15. The van der Waals surface area contributed by atoms with Crippen molar-refractivity contribution in [3.05, 3.63) is 58.9 Å². The highest BCUT2D eigenvalue weighted by molar-refractivity contribution is 5.98. The van der Waals surface area contributed by atoms with Crippen molar-refractivity contribution in [1.29, 1.82) is 0 Å². The van der Waals surface area contributed by atoms with Crippen LogP contribution in [0.25, 0.3) is 0 Å². The highest BCUT2D eigenvalue weighted by Gasteiger charge is 2.17. The number of aryl methyl sites for hydroxylation is 2. The third kappa shape index (κ3) is 2.57. The molecule has 0 saturated carbocycles. The maximum absolute atomic E-state index is 11.8. The summed E-state index contributed by atoms with van der Waals surface area (Å²) in [5.74, 6) is 1.06. The molecule has 0 fully saturated rings. The molecule has 0 aliphatic heterocycles. The quantitative estimate of drug-likeness (QED) is 0.854. The number of aromatic nitrogens is 1. The van der Waals surface area contributed by atoms with Crippen molar-refractivity contribution in [2.24, 2.45) is 0 Å². The SMILES string of the molecule is Cc1cccnc1COc1ccc2c(c1)CCCC2=O. The summed E-state index contributed by atoms with van der Waals surface area (Å²) in [6.07, 6.45) is 4.34. The van der Waals surface area contributed by atoms with Gasteiger partial charge in [0.05, 0.1) is 5.69 Å². The first-order valence-corrected chi connectivity index (χ1v) is 6.93. The molecule has 0 unspecified atom stereocenters. The van der Waals surface area contributed by atoms with Crippen LogP contribution in [-0.2, 0) is 13.0 Å². The number of fused-ring (bicyclic) bond motifs is 1. The van der Waals surface area contributed by atoms with Gasteiger partial charge in [-0.25, -0.2) is 0 Å². The number of nitrogens with zero attached hydrogens (tertiary/aromatic N) is 1. The van der Waals surface area contributed by atoms with Gasteiger partial charge in [0.1, 0.15) is 12.4 Å². The van der Waals surface area contributed by atoms with Crippen molar-refractivity contribution in [1.82, 2.24) is 4.98 Å². The molecular formula is C17H17NO2. The van der Waals surface area contributed by atoms with Gasteiger partial charge in [0, 0.05) is 18.2 Å². The van der Waals surface area contributed by atoms with E-state index in [1.165, 1.54) is 0 Å². The van der Waals surface area contributed by atoms with Crippen molar-refractivity contribution in [2.75, 3.05) is 0 Å². The Morgan fingerprint density at radius 1 is 1.25 bits per heavy atom. The Kier molecular flexibility index (Phi) is 3.50. The predicted octanol–water partition coefficient (Wildman–Crippen LogP) is 3.49. The molecule has 102 valence electrons. The molecule has 2 aromatic rings. The topological polar surface area (TPSA) is 39.2 Å². The summed E-state index contributed by atoms with van der Waals surface area (Å²) in [4.78, 5) is 16.1. The summed E-state index contributed by atoms with van der Waals surface area (Å²) in [6, 6.07) is 9.70. The Morgan fingerprint density at radius 2 is 2.15 bits per heavy atom. The lowest BCUT2D eigenvalue weighted by molar-refractivity contribution is 0.0972. The number of hydrogen-bond acceptors (Lipinski definition) is 3. The zero-order valence-electron chi connectivity index (χ0n) is 11.6. The molecule has 0 saturated heterocycles. The van der Waals surface area contributed by atoms with E-state index in [2.05, 4.69) is 4.98 Å². The van der Waals surface area contributed by atoms with E-state index in [1.54, 1.807) is 6.20 Å². The normalized spacial score (nSPS) is 13.9. The summed E-state index contributed by atoms with van der Waals surface area (Å²) in [5.41, 5.74) is 4.04. The fourth-order valence-electron chi connectivity index (χ4n) is 2.53. The van der Waals surface area contributed by atoms with Gasteiger partial charge < -0.3 is 4.74 Å². The number of hydrogen-bond donors (Lipinski definition) is 0. The van der Waals surface area contributed by atoms with Gasteiger partial charge >= 0.3 is 0 Å². The highest BCUT2D eigenvalue weighted by Crippen LogP contribution is 2.25. The lowest BCUT2D eigenvalue weighted by Gasteiger charge is -2.16. The van der Waals surface area contributed by atoms with Crippen LogP contribution in [0.1, 0.15) is 40.0 Å². The van der Waals surface area contributed by atoms with Gasteiger partial charge in [-0.3, -0.25) is 9.78 Å². The molecule has 0 radical (unpaired) electrons. The van der Waals surface area contributed by atoms with Crippen molar-refractivity contribution >= 4 is 5.78 Å². The molecule has 3 rings (SSSR count). The molecule has 3 nitrogen and oxygen atoms in total. The number of benzene rings is 1. The Hall–Kier alpha value is -2.16. The van der Waals surface area contributed by atoms with E-state index in [1.807, 2.05) is 37.3 Å². The summed E-state index contributed by atoms with van der Waals surface area (Å²) < 4.78 is 5.80. The van der Waals surface area contributed by atoms with Crippen LogP contribution < -0.4 is 4.74 Å². The third-order valence-corrected chi connectivity index (χ3v) is 3.72. The number of Topliss-reactive ketones (excluding diaryl/α,β-unsaturated/α-hetero) is 1. The zero-order chi connectivity index (χ0) is 13.9. The predicted molar refractivity (Wildman–Crippen MR) is 77.0 cm³/mol. The van der Waals surface area contributed by atoms with Crippen LogP contribution in [0.2, 0.25) is 0 Å². The lowest BCUT2D eigenvalue weighted by Crippen LogP contribution is -2.10. The molecule has 1 aliphatic carbocycles. The Labute approximate surface area is 118 Å². The lowest BCUT2D eigenvalue weighted by atomic mass is 9.90. The molecule has 0 spiro atoms. The molecule has 3 heteroatoms. The van der Waals surface area contributed by atoms with Gasteiger partial charge in [0.25, 0.3) is 0 Å². The molecule has 0 amide bonds. The summed E-state index contributed by atoms with van der Waals surface area (Å²) in [7, 11) is 0. The summed E-state index contributed by atoms with van der Waals surface area (Å²) in [5, 5.41) is 0. The molecule has 1 heterocycles. The minimum absolute atomic E-state index is 0.248. The van der Waals surface area contributed by atoms with Crippen molar-refractivity contribution in [2.45, 2.75) is 32.8 Å². The first-order valence-electron chi connectivity index (χ1n) is 6.93. The van der Waals surface area contributed by atoms with Gasteiger partial charge in [-0.15, -0.1) is 0 Å². The molecule has 20 heavy (non-hydrogen) atoms. The number of ketones is 1. The van der Waals surface area contributed by atoms with E-state index >= 15 is 0 Å². The molecule has 1 aromatic carbocycles. The maximum Gasteiger partial charge on any atom is 0.163 e. The first-order chi connectivity index (χ1) is 9.74. The van der Waals surface area contributed by atoms with E-state index in [0.717, 1.165) is 41.0 Å². The van der Waals surface area contributed by atoms with Gasteiger partial charge in [0.2, 0.25) is 0 Å². The van der Waals surface area contributed by atoms with Crippen LogP contribution in [0, 0.1) is 6.92 Å². The molecule has 1 aliphatic rings. The number of ether oxygens (including phenoxy) is 1. The number of carbonyl (C=O) groups is 1. The Morgan fingerprint density at radius 3 is 3.00 bits per heavy atom. The van der Waals surface area contributed by atoms with Crippen molar-refractivity contribution in [3.8, 4) is 5.75 Å². The highest BCUT2D eigenvalue weighted by atomic mass is 16.5. The Bertz CT molecular complexity index is 649. The second-order valence-corrected chi connectivity index (χ2v) is 5.15. The molecular weight excluding hydrogens is 250 g/mol. The van der Waals surface area contributed by atoms with Crippen LogP contribution in [0.5, 0.6) is 5.75 Å². The maximum atomic E-state index is 11.8. The van der Waals surface area contributed by atoms with Gasteiger partial charge in [-0.1, -0.05) is 6.07 Å². The van der Waals surface area contributed by atoms with Crippen LogP contribution in [0.3, 0.4) is 0 Å². The van der Waals surface area contributed by atoms with Crippen LogP contribution in [-0.4, -0.2) is 10.8 Å². The minimum Gasteiger partial charge on any atom is -0.487 e. The smallest absolute Gasteiger partial charge is 0.163 e. The van der Waals surface area contributed by atoms with Gasteiger partial charge in [-0.2, -0.15) is 0 Å². The first kappa shape index (κ1) is 12.9. The minimum atomic E-state index is 0.248. The van der Waals surface area contributed by atoms with Crippen LogP contribution >= 0.6 is 0 Å². The average Bonchev–Trinajstić information content (AvgIpc) is 2.46. The molecule has 0 atom stereocenters. The summed E-state index contributed by atoms with van der Waals surface area (Å²) >= 11 is 0. The standard InChI is InChI=1S/C17H17NO2/c1-12-4-3-9-18-16(12)11-20-14-7-8-15-13(10-14)5-2-6-17(15)19/h3-4,7-10H,2,5-6,11H2,1H3. The van der Waals surface area contributed by atoms with Crippen LogP contribution in [0.15, 0.2) is 36.5 Å². The van der Waals surface area contributed by atoms with Crippen molar-refractivity contribution < 1.29 is 9.53 Å². The van der Waals surface area contributed by atoms with E-state index in [-0.39, 0.29) is 5.78 Å². The van der Waals surface area contributed by atoms with E-state index in [9.17, 15) is 4.79 Å². The molecule has 0 N–H and O–H groups in total. The fraction of sp³-hybridized carbons (Fsp3) is 0.294. The monoisotopic (exact) mass is 267 g/mol. The van der Waals surface area contributed by atoms with E-state index in [0.29, 0.717) is 13.0 Å². The average molecular weight is 267 g/mol. The largest absolute Gasteiger partial charge is 0.487 e. The van der Waals surface area contributed by atoms with Gasteiger partial charge in [0.15, 0.2) is 5.78 Å². The number of rotatable bonds is 3. The summed E-state index contributed by atoms with van der Waals surface area (Å²) in [6.45, 7) is 2.48. The molecule has 0 bridgehead atoms. The third-order valence-electron chi connectivity index (χ3n) is 3.72. The number of pyridine rings is 1. The second kappa shape index (κ2) is 5.45. The van der Waals surface area contributed by atoms with Crippen LogP contribution in [0.4, 0.5) is 0 Å². The molecule has 1 aromatic heterocycles. The van der Waals surface area contributed by atoms with E-state index < -0.39 is 0 Å². The Balaban J connectivity index is 1.76.